The maximum Gasteiger partial charge on any atom is 0.355 e. The number of benzene rings is 3. The van der Waals surface area contributed by atoms with E-state index in [1.54, 1.807) is 17.1 Å². The van der Waals surface area contributed by atoms with Crippen molar-refractivity contribution in [3.8, 4) is 5.75 Å². The van der Waals surface area contributed by atoms with Crippen molar-refractivity contribution in [2.75, 3.05) is 22.4 Å². The number of nitrogens with zero attached hydrogens (tertiary/aromatic N) is 4. The van der Waals surface area contributed by atoms with E-state index in [2.05, 4.69) is 27.6 Å². The Bertz CT molecular complexity index is 1200. The summed E-state index contributed by atoms with van der Waals surface area (Å²) in [5.41, 5.74) is 5.06. The molecule has 0 radical (unpaired) electrons. The minimum absolute atomic E-state index is 0.0553. The second-order valence-electron chi connectivity index (χ2n) is 7.65. The molecule has 9 heteroatoms. The Balaban J connectivity index is 1.62. The summed E-state index contributed by atoms with van der Waals surface area (Å²) < 4.78 is 5.68. The molecule has 3 aromatic carbocycles. The zero-order valence-electron chi connectivity index (χ0n) is 19.3. The van der Waals surface area contributed by atoms with Crippen LogP contribution in [0.4, 0.5) is 34.4 Å². The minimum Gasteiger partial charge on any atom is -0.494 e. The molecular formula is C26H26N6O3. The lowest BCUT2D eigenvalue weighted by Crippen LogP contribution is -2.26. The molecule has 0 fully saturated rings. The molecule has 2 N–H and O–H groups in total. The van der Waals surface area contributed by atoms with Crippen LogP contribution in [0.3, 0.4) is 0 Å². The molecular weight excluding hydrogens is 444 g/mol. The van der Waals surface area contributed by atoms with Gasteiger partial charge >= 0.3 is 5.69 Å². The Hall–Kier alpha value is -4.66. The summed E-state index contributed by atoms with van der Waals surface area (Å²) in [4.78, 5) is 19.9. The molecule has 0 atom stereocenters. The third-order valence-electron chi connectivity index (χ3n) is 5.14. The van der Waals surface area contributed by atoms with Crippen molar-refractivity contribution in [2.45, 2.75) is 19.8 Å². The van der Waals surface area contributed by atoms with Gasteiger partial charge in [0.05, 0.1) is 22.9 Å². The van der Waals surface area contributed by atoms with E-state index in [4.69, 9.17) is 4.74 Å². The molecule has 0 saturated carbocycles. The topological polar surface area (TPSA) is 105 Å². The third kappa shape index (κ3) is 6.02. The van der Waals surface area contributed by atoms with Crippen molar-refractivity contribution in [2.24, 2.45) is 0 Å². The maximum atomic E-state index is 12.1. The van der Waals surface area contributed by atoms with Gasteiger partial charge < -0.3 is 10.1 Å². The largest absolute Gasteiger partial charge is 0.494 e. The van der Waals surface area contributed by atoms with E-state index in [1.807, 2.05) is 72.8 Å². The Morgan fingerprint density at radius 1 is 0.886 bits per heavy atom. The molecule has 0 aliphatic rings. The predicted octanol–water partition coefficient (Wildman–Crippen LogP) is 6.47. The Morgan fingerprint density at radius 3 is 2.06 bits per heavy atom. The van der Waals surface area contributed by atoms with E-state index in [-0.39, 0.29) is 17.3 Å². The summed E-state index contributed by atoms with van der Waals surface area (Å²) in [6.45, 7) is 2.75. The van der Waals surface area contributed by atoms with Crippen molar-refractivity contribution < 1.29 is 9.66 Å². The highest BCUT2D eigenvalue weighted by Gasteiger charge is 2.25. The first kappa shape index (κ1) is 23.5. The monoisotopic (exact) mass is 470 g/mol. The number of hydrogen-bond donors (Lipinski definition) is 2. The standard InChI is InChI=1S/C26H26N6O3/c1-2-3-18-35-23-16-14-20(15-17-23)29-25-24(32(33)34)26(28-19-27-25)30-31(21-10-6-4-7-11-21)22-12-8-5-9-13-22/h4-17,19H,2-3,18H2,1H3,(H2,27,28,29,30). The number of nitro groups is 1. The number of unbranched alkanes of at least 4 members (excludes halogenated alkanes) is 1. The van der Waals surface area contributed by atoms with Gasteiger partial charge in [0.1, 0.15) is 12.1 Å². The van der Waals surface area contributed by atoms with Gasteiger partial charge in [-0.25, -0.2) is 9.97 Å². The molecule has 0 unspecified atom stereocenters. The normalized spacial score (nSPS) is 10.4. The Morgan fingerprint density at radius 2 is 1.49 bits per heavy atom. The third-order valence-corrected chi connectivity index (χ3v) is 5.14. The van der Waals surface area contributed by atoms with Crippen molar-refractivity contribution in [3.63, 3.8) is 0 Å². The lowest BCUT2D eigenvalue weighted by molar-refractivity contribution is -0.383. The van der Waals surface area contributed by atoms with Crippen LogP contribution < -0.4 is 20.5 Å². The average Bonchev–Trinajstić information content (AvgIpc) is 2.89. The maximum absolute atomic E-state index is 12.1. The molecule has 0 amide bonds. The van der Waals surface area contributed by atoms with Gasteiger partial charge in [0.25, 0.3) is 0 Å². The van der Waals surface area contributed by atoms with Crippen molar-refractivity contribution in [3.05, 3.63) is 101 Å². The zero-order chi connectivity index (χ0) is 24.5. The van der Waals surface area contributed by atoms with E-state index >= 15 is 0 Å². The van der Waals surface area contributed by atoms with Crippen LogP contribution in [0.5, 0.6) is 5.75 Å². The Labute approximate surface area is 203 Å². The van der Waals surface area contributed by atoms with Crippen molar-refractivity contribution in [1.29, 1.82) is 0 Å². The first-order valence-electron chi connectivity index (χ1n) is 11.3. The number of ether oxygens (including phenoxy) is 1. The number of hydrazine groups is 1. The average molecular weight is 471 g/mol. The molecule has 0 spiro atoms. The SMILES string of the molecule is CCCCOc1ccc(Nc2ncnc(NN(c3ccccc3)c3ccccc3)c2[N+](=O)[O-])cc1. The van der Waals surface area contributed by atoms with E-state index in [0.29, 0.717) is 12.3 Å². The molecule has 178 valence electrons. The fourth-order valence-corrected chi connectivity index (χ4v) is 3.37. The van der Waals surface area contributed by atoms with Crippen LogP contribution in [0.2, 0.25) is 0 Å². The number of para-hydroxylation sites is 2. The van der Waals surface area contributed by atoms with E-state index in [0.717, 1.165) is 30.0 Å². The number of nitrogens with one attached hydrogen (secondary N) is 2. The molecule has 4 rings (SSSR count). The van der Waals surface area contributed by atoms with Gasteiger partial charge in [-0.15, -0.1) is 0 Å². The molecule has 1 aromatic heterocycles. The molecule has 0 aliphatic carbocycles. The summed E-state index contributed by atoms with van der Waals surface area (Å²) >= 11 is 0. The van der Waals surface area contributed by atoms with E-state index in [9.17, 15) is 10.1 Å². The van der Waals surface area contributed by atoms with Crippen LogP contribution in [0.15, 0.2) is 91.3 Å². The number of anilines is 5. The summed E-state index contributed by atoms with van der Waals surface area (Å²) in [5, 5.41) is 16.9. The second kappa shape index (κ2) is 11.5. The second-order valence-corrected chi connectivity index (χ2v) is 7.65. The highest BCUT2D eigenvalue weighted by atomic mass is 16.6. The molecule has 9 nitrogen and oxygen atoms in total. The van der Waals surface area contributed by atoms with Crippen molar-refractivity contribution >= 4 is 34.4 Å². The highest BCUT2D eigenvalue weighted by Crippen LogP contribution is 2.34. The fourth-order valence-electron chi connectivity index (χ4n) is 3.37. The van der Waals surface area contributed by atoms with Gasteiger partial charge in [-0.1, -0.05) is 49.7 Å². The van der Waals surface area contributed by atoms with Crippen LogP contribution in [0.1, 0.15) is 19.8 Å². The molecule has 0 saturated heterocycles. The lowest BCUT2D eigenvalue weighted by Gasteiger charge is -2.26. The van der Waals surface area contributed by atoms with E-state index < -0.39 is 4.92 Å². The summed E-state index contributed by atoms with van der Waals surface area (Å²) in [6.07, 6.45) is 3.32. The van der Waals surface area contributed by atoms with Gasteiger partial charge in [-0.3, -0.25) is 20.5 Å². The number of hydrogen-bond acceptors (Lipinski definition) is 8. The molecule has 1 heterocycles. The van der Waals surface area contributed by atoms with Gasteiger partial charge in [0.15, 0.2) is 0 Å². The number of aromatic nitrogens is 2. The summed E-state index contributed by atoms with van der Waals surface area (Å²) in [5.74, 6) is 0.873. The van der Waals surface area contributed by atoms with Crippen LogP contribution in [-0.4, -0.2) is 21.5 Å². The van der Waals surface area contributed by atoms with Gasteiger partial charge in [0.2, 0.25) is 11.6 Å². The summed E-state index contributed by atoms with van der Waals surface area (Å²) in [7, 11) is 0. The molecule has 0 bridgehead atoms. The van der Waals surface area contributed by atoms with Crippen molar-refractivity contribution in [1.82, 2.24) is 9.97 Å². The Kier molecular flexibility index (Phi) is 7.70. The van der Waals surface area contributed by atoms with Crippen LogP contribution in [0, 0.1) is 10.1 Å². The highest BCUT2D eigenvalue weighted by molar-refractivity contribution is 5.77. The molecule has 4 aromatic rings. The van der Waals surface area contributed by atoms with Gasteiger partial charge in [0, 0.05) is 5.69 Å². The number of rotatable bonds is 11. The first-order valence-corrected chi connectivity index (χ1v) is 11.3. The van der Waals surface area contributed by atoms with Crippen LogP contribution in [0.25, 0.3) is 0 Å². The molecule has 0 aliphatic heterocycles. The zero-order valence-corrected chi connectivity index (χ0v) is 19.3. The first-order chi connectivity index (χ1) is 17.2. The fraction of sp³-hybridized carbons (Fsp3) is 0.154. The predicted molar refractivity (Wildman–Crippen MR) is 137 cm³/mol. The van der Waals surface area contributed by atoms with E-state index in [1.165, 1.54) is 6.33 Å². The van der Waals surface area contributed by atoms with Crippen LogP contribution in [-0.2, 0) is 0 Å². The smallest absolute Gasteiger partial charge is 0.355 e. The van der Waals surface area contributed by atoms with Crippen LogP contribution >= 0.6 is 0 Å². The quantitative estimate of drug-likeness (QED) is 0.146. The van der Waals surface area contributed by atoms with Gasteiger partial charge in [-0.05, 0) is 55.0 Å². The van der Waals surface area contributed by atoms with Gasteiger partial charge in [-0.2, -0.15) is 0 Å². The summed E-state index contributed by atoms with van der Waals surface area (Å²) in [6, 6.07) is 26.2. The molecule has 35 heavy (non-hydrogen) atoms. The minimum atomic E-state index is -0.499. The lowest BCUT2D eigenvalue weighted by atomic mass is 10.2.